The fourth-order valence-electron chi connectivity index (χ4n) is 3.14. The molecule has 0 aromatic heterocycles. The van der Waals surface area contributed by atoms with Gasteiger partial charge in [0, 0.05) is 34.9 Å². The molecule has 2 unspecified atom stereocenters. The van der Waals surface area contributed by atoms with Crippen LogP contribution < -0.4 is 0 Å². The maximum Gasteiger partial charge on any atom is 0.133 e. The molecule has 128 valence electrons. The van der Waals surface area contributed by atoms with Gasteiger partial charge in [-0.3, -0.25) is 0 Å². The molecule has 0 spiro atoms. The van der Waals surface area contributed by atoms with E-state index in [9.17, 15) is 14.6 Å². The summed E-state index contributed by atoms with van der Waals surface area (Å²) in [5.74, 6) is 1.43. The van der Waals surface area contributed by atoms with Gasteiger partial charge in [0.05, 0.1) is 16.9 Å². The lowest BCUT2D eigenvalue weighted by Crippen LogP contribution is -2.17. The van der Waals surface area contributed by atoms with Gasteiger partial charge in [-0.1, -0.05) is 35.3 Å². The van der Waals surface area contributed by atoms with Crippen LogP contribution in [0.5, 0.6) is 0 Å². The largest absolute Gasteiger partial charge is 0.512 e. The summed E-state index contributed by atoms with van der Waals surface area (Å²) in [4.78, 5) is 0. The van der Waals surface area contributed by atoms with E-state index < -0.39 is 11.9 Å². The molecule has 2 atom stereocenters. The van der Waals surface area contributed by atoms with Crippen LogP contribution in [0.25, 0.3) is 16.7 Å². The number of aliphatic hydroxyl groups is 2. The molecule has 0 bridgehead atoms. The van der Waals surface area contributed by atoms with Crippen LogP contribution in [0.1, 0.15) is 18.4 Å². The lowest BCUT2D eigenvalue weighted by atomic mass is 9.93. The van der Waals surface area contributed by atoms with Gasteiger partial charge in [0.2, 0.25) is 0 Å². The lowest BCUT2D eigenvalue weighted by Gasteiger charge is -2.17. The minimum Gasteiger partial charge on any atom is -0.512 e. The van der Waals surface area contributed by atoms with Gasteiger partial charge < -0.3 is 10.2 Å². The smallest absolute Gasteiger partial charge is 0.133 e. The van der Waals surface area contributed by atoms with E-state index in [-0.39, 0.29) is 40.7 Å². The van der Waals surface area contributed by atoms with Crippen molar-refractivity contribution in [1.82, 2.24) is 0 Å². The highest BCUT2D eigenvalue weighted by molar-refractivity contribution is 6.33. The second-order valence-electron chi connectivity index (χ2n) is 6.00. The van der Waals surface area contributed by atoms with E-state index in [1.807, 2.05) is 0 Å². The van der Waals surface area contributed by atoms with Crippen LogP contribution in [0.2, 0.25) is 10.0 Å². The maximum absolute atomic E-state index is 14.8. The van der Waals surface area contributed by atoms with Gasteiger partial charge in [-0.15, -0.1) is 12.3 Å². The number of terminal acetylenes is 1. The fraction of sp³-hybridized carbons (Fsp3) is 0.200. The molecule has 0 aliphatic heterocycles. The fourth-order valence-corrected chi connectivity index (χ4v) is 3.58. The monoisotopic (exact) mass is 376 g/mol. The van der Waals surface area contributed by atoms with Gasteiger partial charge in [0.15, 0.2) is 0 Å². The summed E-state index contributed by atoms with van der Waals surface area (Å²) in [6.07, 6.45) is 4.72. The van der Waals surface area contributed by atoms with E-state index >= 15 is 0 Å². The summed E-state index contributed by atoms with van der Waals surface area (Å²) in [7, 11) is 0. The Kier molecular flexibility index (Phi) is 5.06. The normalized spacial score (nSPS) is 20.0. The third-order valence-corrected chi connectivity index (χ3v) is 4.93. The quantitative estimate of drug-likeness (QED) is 0.696. The molecule has 0 amide bonds. The van der Waals surface area contributed by atoms with Crippen LogP contribution in [-0.2, 0) is 0 Å². The van der Waals surface area contributed by atoms with E-state index in [1.165, 1.54) is 6.07 Å². The zero-order valence-corrected chi connectivity index (χ0v) is 14.7. The summed E-state index contributed by atoms with van der Waals surface area (Å²) in [6.45, 7) is 0. The Morgan fingerprint density at radius 1 is 1.16 bits per heavy atom. The molecular formula is C20H15Cl2FO2. The molecule has 1 aliphatic rings. The van der Waals surface area contributed by atoms with E-state index in [0.29, 0.717) is 10.6 Å². The molecule has 2 aromatic carbocycles. The standard InChI is InChI=1S/C20H15Cl2FO2/c1-2-3-12-10-17(24)19(20(12)25)18-15(22)8-13(9-16(18)23)11-4-6-14(21)7-5-11/h1,4-9,12,20,24-25H,3,10H2. The number of halogens is 3. The van der Waals surface area contributed by atoms with Crippen LogP contribution in [0.3, 0.4) is 0 Å². The molecule has 0 saturated carbocycles. The average molecular weight is 377 g/mol. The van der Waals surface area contributed by atoms with Crippen molar-refractivity contribution in [1.29, 1.82) is 0 Å². The first-order valence-corrected chi connectivity index (χ1v) is 8.47. The number of rotatable bonds is 3. The van der Waals surface area contributed by atoms with E-state index in [1.54, 1.807) is 30.3 Å². The Morgan fingerprint density at radius 2 is 1.84 bits per heavy atom. The highest BCUT2D eigenvalue weighted by Gasteiger charge is 2.36. The highest BCUT2D eigenvalue weighted by atomic mass is 35.5. The topological polar surface area (TPSA) is 40.5 Å². The van der Waals surface area contributed by atoms with E-state index in [0.717, 1.165) is 5.56 Å². The molecule has 2 nitrogen and oxygen atoms in total. The van der Waals surface area contributed by atoms with Gasteiger partial charge in [-0.05, 0) is 35.4 Å². The molecule has 25 heavy (non-hydrogen) atoms. The molecule has 1 aliphatic carbocycles. The predicted octanol–water partition coefficient (Wildman–Crippen LogP) is 5.47. The van der Waals surface area contributed by atoms with Crippen LogP contribution in [0.15, 0.2) is 42.2 Å². The highest BCUT2D eigenvalue weighted by Crippen LogP contribution is 2.43. The molecule has 3 rings (SSSR count). The van der Waals surface area contributed by atoms with E-state index in [2.05, 4.69) is 5.92 Å². The number of hydrogen-bond donors (Lipinski definition) is 2. The predicted molar refractivity (Wildman–Crippen MR) is 99.0 cm³/mol. The summed E-state index contributed by atoms with van der Waals surface area (Å²) in [5, 5.41) is 21.3. The van der Waals surface area contributed by atoms with Crippen molar-refractivity contribution in [3.8, 4) is 23.5 Å². The van der Waals surface area contributed by atoms with E-state index in [4.69, 9.17) is 29.6 Å². The summed E-state index contributed by atoms with van der Waals surface area (Å²) in [6, 6.07) is 9.86. The first-order chi connectivity index (χ1) is 11.9. The Balaban J connectivity index is 2.03. The van der Waals surface area contributed by atoms with Gasteiger partial charge in [0.1, 0.15) is 5.82 Å². The third-order valence-electron chi connectivity index (χ3n) is 4.38. The van der Waals surface area contributed by atoms with Gasteiger partial charge >= 0.3 is 0 Å². The second kappa shape index (κ2) is 7.09. The second-order valence-corrected chi connectivity index (χ2v) is 6.84. The number of aliphatic hydroxyl groups excluding tert-OH is 2. The molecule has 0 saturated heterocycles. The Labute approximate surface area is 155 Å². The first kappa shape index (κ1) is 17.8. The van der Waals surface area contributed by atoms with Crippen molar-refractivity contribution in [2.45, 2.75) is 18.9 Å². The summed E-state index contributed by atoms with van der Waals surface area (Å²) < 4.78 is 14.8. The molecule has 5 heteroatoms. The van der Waals surface area contributed by atoms with Crippen molar-refractivity contribution in [2.24, 2.45) is 5.92 Å². The van der Waals surface area contributed by atoms with Crippen LogP contribution in [0, 0.1) is 24.1 Å². The minimum absolute atomic E-state index is 0.0175. The Morgan fingerprint density at radius 3 is 2.44 bits per heavy atom. The Bertz CT molecular complexity index is 859. The van der Waals surface area contributed by atoms with Gasteiger partial charge in [-0.25, -0.2) is 4.39 Å². The van der Waals surface area contributed by atoms with Crippen molar-refractivity contribution >= 4 is 28.8 Å². The number of allylic oxidation sites excluding steroid dienone is 1. The summed E-state index contributed by atoms with van der Waals surface area (Å²) in [5.41, 5.74) is 1.47. The van der Waals surface area contributed by atoms with Crippen LogP contribution in [0.4, 0.5) is 4.39 Å². The van der Waals surface area contributed by atoms with Crippen molar-refractivity contribution in [3.63, 3.8) is 0 Å². The van der Waals surface area contributed by atoms with Crippen LogP contribution in [-0.4, -0.2) is 16.3 Å². The number of benzene rings is 2. The molecule has 2 aromatic rings. The van der Waals surface area contributed by atoms with Gasteiger partial charge in [-0.2, -0.15) is 0 Å². The van der Waals surface area contributed by atoms with Crippen molar-refractivity contribution < 1.29 is 14.6 Å². The molecule has 0 heterocycles. The number of hydrogen-bond acceptors (Lipinski definition) is 2. The molecule has 2 N–H and O–H groups in total. The summed E-state index contributed by atoms with van der Waals surface area (Å²) >= 11 is 12.2. The average Bonchev–Trinajstić information content (AvgIpc) is 2.83. The lowest BCUT2D eigenvalue weighted by molar-refractivity contribution is 0.173. The first-order valence-electron chi connectivity index (χ1n) is 7.71. The zero-order valence-electron chi connectivity index (χ0n) is 13.1. The van der Waals surface area contributed by atoms with Crippen LogP contribution >= 0.6 is 23.2 Å². The third kappa shape index (κ3) is 3.39. The molecular weight excluding hydrogens is 362 g/mol. The van der Waals surface area contributed by atoms with Crippen molar-refractivity contribution in [3.05, 3.63) is 63.6 Å². The Hall–Kier alpha value is -1.99. The molecule has 0 radical (unpaired) electrons. The zero-order chi connectivity index (χ0) is 18.1. The van der Waals surface area contributed by atoms with Gasteiger partial charge in [0.25, 0.3) is 0 Å². The SMILES string of the molecule is C#CCC1CC(O)=C(c2c(F)cc(-c3ccc(Cl)cc3)cc2Cl)C1O. The minimum atomic E-state index is -1.05. The molecule has 0 fully saturated rings. The van der Waals surface area contributed by atoms with Crippen molar-refractivity contribution in [2.75, 3.05) is 0 Å². The maximum atomic E-state index is 14.8.